The van der Waals surface area contributed by atoms with E-state index in [9.17, 15) is 9.59 Å². The molecule has 0 aliphatic carbocycles. The Morgan fingerprint density at radius 1 is 1.30 bits per heavy atom. The number of methoxy groups -OCH3 is 1. The van der Waals surface area contributed by atoms with Gasteiger partial charge in [-0.25, -0.2) is 4.79 Å². The number of rotatable bonds is 4. The molecule has 0 saturated carbocycles. The van der Waals surface area contributed by atoms with Crippen molar-refractivity contribution in [1.29, 1.82) is 0 Å². The van der Waals surface area contributed by atoms with E-state index in [4.69, 9.17) is 11.2 Å². The zero-order chi connectivity index (χ0) is 16.2. The number of nitrogens with one attached hydrogen (secondary N) is 1. The van der Waals surface area contributed by atoms with Crippen molar-refractivity contribution < 1.29 is 19.1 Å². The van der Waals surface area contributed by atoms with Gasteiger partial charge in [0.15, 0.2) is 0 Å². The Labute approximate surface area is 122 Å². The number of terminal acetylenes is 1. The maximum atomic E-state index is 11.3. The Balaban J connectivity index is 0. The van der Waals surface area contributed by atoms with Crippen LogP contribution >= 0.6 is 0 Å². The van der Waals surface area contributed by atoms with Crippen molar-refractivity contribution in [3.8, 4) is 12.3 Å². The molecule has 0 saturated heterocycles. The van der Waals surface area contributed by atoms with Gasteiger partial charge in [-0.05, 0) is 27.2 Å². The lowest BCUT2D eigenvalue weighted by atomic mass is 10.1. The van der Waals surface area contributed by atoms with E-state index < -0.39 is 11.7 Å². The largest absolute Gasteiger partial charge is 0.469 e. The van der Waals surface area contributed by atoms with E-state index in [0.29, 0.717) is 6.42 Å². The highest BCUT2D eigenvalue weighted by Gasteiger charge is 2.20. The van der Waals surface area contributed by atoms with E-state index >= 15 is 0 Å². The van der Waals surface area contributed by atoms with Crippen LogP contribution in [0.5, 0.6) is 0 Å². The summed E-state index contributed by atoms with van der Waals surface area (Å²) in [5.74, 6) is 1.79. The Morgan fingerprint density at radius 3 is 2.10 bits per heavy atom. The molecule has 116 valence electrons. The number of alkyl carbamates (subject to hydrolysis) is 1. The van der Waals surface area contributed by atoms with Crippen LogP contribution in [0.15, 0.2) is 0 Å². The van der Waals surface area contributed by atoms with Gasteiger partial charge in [-0.1, -0.05) is 13.8 Å². The van der Waals surface area contributed by atoms with E-state index in [-0.39, 0.29) is 18.4 Å². The first kappa shape index (κ1) is 20.6. The molecule has 5 heteroatoms. The average molecular weight is 285 g/mol. The first-order valence-corrected chi connectivity index (χ1v) is 6.69. The Morgan fingerprint density at radius 2 is 1.80 bits per heavy atom. The fourth-order valence-electron chi connectivity index (χ4n) is 1.08. The first-order valence-electron chi connectivity index (χ1n) is 6.69. The predicted octanol–water partition coefficient (Wildman–Crippen LogP) is 2.74. The molecule has 1 atom stereocenters. The number of carbonyl (C=O) groups excluding carboxylic acids is 2. The van der Waals surface area contributed by atoms with Crippen LogP contribution in [0.25, 0.3) is 0 Å². The lowest BCUT2D eigenvalue weighted by Gasteiger charge is -2.20. The molecule has 0 aromatic rings. The lowest BCUT2D eigenvalue weighted by molar-refractivity contribution is -0.145. The van der Waals surface area contributed by atoms with E-state index in [1.54, 1.807) is 20.8 Å². The second-order valence-electron chi connectivity index (χ2n) is 5.07. The van der Waals surface area contributed by atoms with E-state index in [1.165, 1.54) is 7.11 Å². The van der Waals surface area contributed by atoms with Gasteiger partial charge in [0.25, 0.3) is 0 Å². The number of hydrogen-bond acceptors (Lipinski definition) is 4. The highest BCUT2D eigenvalue weighted by molar-refractivity contribution is 5.74. The zero-order valence-electron chi connectivity index (χ0n) is 13.4. The number of ether oxygens (including phenoxy) is 2. The molecule has 0 rings (SSSR count). The van der Waals surface area contributed by atoms with Crippen molar-refractivity contribution in [3.63, 3.8) is 0 Å². The zero-order valence-corrected chi connectivity index (χ0v) is 13.4. The topological polar surface area (TPSA) is 64.6 Å². The molecule has 0 aliphatic rings. The number of esters is 1. The van der Waals surface area contributed by atoms with Crippen LogP contribution in [-0.4, -0.2) is 31.3 Å². The molecule has 0 radical (unpaired) electrons. The van der Waals surface area contributed by atoms with Crippen LogP contribution in [0, 0.1) is 18.3 Å². The molecule has 20 heavy (non-hydrogen) atoms. The molecule has 0 heterocycles. The van der Waals surface area contributed by atoms with Gasteiger partial charge in [0, 0.05) is 13.0 Å². The SMILES string of the molecule is C#CCC.CCC(CNC(=O)OC(C)(C)C)C(=O)OC. The van der Waals surface area contributed by atoms with Crippen LogP contribution in [0.4, 0.5) is 4.79 Å². The summed E-state index contributed by atoms with van der Waals surface area (Å²) in [6.45, 7) is 9.38. The molecule has 1 N–H and O–H groups in total. The summed E-state index contributed by atoms with van der Waals surface area (Å²) in [6, 6.07) is 0. The van der Waals surface area contributed by atoms with Crippen molar-refractivity contribution in [2.24, 2.45) is 5.92 Å². The molecular formula is C15H27NO4. The fourth-order valence-corrected chi connectivity index (χ4v) is 1.08. The third-order valence-electron chi connectivity index (χ3n) is 2.12. The van der Waals surface area contributed by atoms with E-state index in [2.05, 4.69) is 16.0 Å². The number of hydrogen-bond donors (Lipinski definition) is 1. The van der Waals surface area contributed by atoms with Crippen molar-refractivity contribution in [2.75, 3.05) is 13.7 Å². The van der Waals surface area contributed by atoms with Crippen molar-refractivity contribution >= 4 is 12.1 Å². The summed E-state index contributed by atoms with van der Waals surface area (Å²) < 4.78 is 9.65. The molecule has 1 amide bonds. The summed E-state index contributed by atoms with van der Waals surface area (Å²) in [5, 5.41) is 2.54. The van der Waals surface area contributed by atoms with Gasteiger partial charge in [-0.2, -0.15) is 0 Å². The van der Waals surface area contributed by atoms with Crippen molar-refractivity contribution in [3.05, 3.63) is 0 Å². The van der Waals surface area contributed by atoms with E-state index in [0.717, 1.165) is 6.42 Å². The van der Waals surface area contributed by atoms with Crippen LogP contribution in [0.2, 0.25) is 0 Å². The van der Waals surface area contributed by atoms with E-state index in [1.807, 2.05) is 13.8 Å². The standard InChI is InChI=1S/C11H21NO4.C4H6/c1-6-8(9(13)15-5)7-12-10(14)16-11(2,3)4;1-3-4-2/h8H,6-7H2,1-5H3,(H,12,14);1H,4H2,2H3. The van der Waals surface area contributed by atoms with Gasteiger partial charge in [0.1, 0.15) is 5.60 Å². The van der Waals surface area contributed by atoms with Gasteiger partial charge in [-0.15, -0.1) is 12.3 Å². The molecule has 0 aromatic carbocycles. The highest BCUT2D eigenvalue weighted by atomic mass is 16.6. The molecule has 1 unspecified atom stereocenters. The normalized spacial score (nSPS) is 11.2. The third kappa shape index (κ3) is 12.7. The third-order valence-corrected chi connectivity index (χ3v) is 2.12. The second kappa shape index (κ2) is 11.2. The average Bonchev–Trinajstić information content (AvgIpc) is 2.37. The summed E-state index contributed by atoms with van der Waals surface area (Å²) >= 11 is 0. The van der Waals surface area contributed by atoms with Gasteiger partial charge in [0.2, 0.25) is 0 Å². The van der Waals surface area contributed by atoms with Crippen LogP contribution in [0.1, 0.15) is 47.5 Å². The van der Waals surface area contributed by atoms with Gasteiger partial charge in [0.05, 0.1) is 13.0 Å². The fraction of sp³-hybridized carbons (Fsp3) is 0.733. The molecule has 0 aromatic heterocycles. The minimum atomic E-state index is -0.531. The molecule has 0 aliphatic heterocycles. The summed E-state index contributed by atoms with van der Waals surface area (Å²) in [4.78, 5) is 22.5. The van der Waals surface area contributed by atoms with Crippen molar-refractivity contribution in [1.82, 2.24) is 5.32 Å². The number of carbonyl (C=O) groups is 2. The minimum Gasteiger partial charge on any atom is -0.469 e. The Kier molecular flexibility index (Phi) is 11.5. The van der Waals surface area contributed by atoms with Crippen LogP contribution in [-0.2, 0) is 14.3 Å². The Bertz CT molecular complexity index is 326. The molecule has 0 spiro atoms. The predicted molar refractivity (Wildman–Crippen MR) is 79.2 cm³/mol. The molecular weight excluding hydrogens is 258 g/mol. The Hall–Kier alpha value is -1.70. The maximum absolute atomic E-state index is 11.3. The van der Waals surface area contributed by atoms with Crippen LogP contribution in [0.3, 0.4) is 0 Å². The molecule has 5 nitrogen and oxygen atoms in total. The van der Waals surface area contributed by atoms with Gasteiger partial charge in [-0.3, -0.25) is 4.79 Å². The minimum absolute atomic E-state index is 0.234. The lowest BCUT2D eigenvalue weighted by Crippen LogP contribution is -2.37. The smallest absolute Gasteiger partial charge is 0.407 e. The summed E-state index contributed by atoms with van der Waals surface area (Å²) in [5.41, 5.74) is -0.531. The quantitative estimate of drug-likeness (QED) is 0.637. The second-order valence-corrected chi connectivity index (χ2v) is 5.07. The maximum Gasteiger partial charge on any atom is 0.407 e. The van der Waals surface area contributed by atoms with Crippen molar-refractivity contribution in [2.45, 2.75) is 53.1 Å². The molecule has 0 fully saturated rings. The summed E-state index contributed by atoms with van der Waals surface area (Å²) in [6.07, 6.45) is 5.72. The van der Waals surface area contributed by atoms with Crippen LogP contribution < -0.4 is 5.32 Å². The monoisotopic (exact) mass is 285 g/mol. The number of amides is 1. The summed E-state index contributed by atoms with van der Waals surface area (Å²) in [7, 11) is 1.33. The first-order chi connectivity index (χ1) is 9.21. The highest BCUT2D eigenvalue weighted by Crippen LogP contribution is 2.07. The van der Waals surface area contributed by atoms with Gasteiger partial charge >= 0.3 is 12.1 Å². The molecule has 0 bridgehead atoms. The van der Waals surface area contributed by atoms with Gasteiger partial charge < -0.3 is 14.8 Å².